The summed E-state index contributed by atoms with van der Waals surface area (Å²) in [5.74, 6) is -0.228. The molecule has 0 spiro atoms. The lowest BCUT2D eigenvalue weighted by Crippen LogP contribution is -2.17. The van der Waals surface area contributed by atoms with Crippen LogP contribution >= 0.6 is 0 Å². The fourth-order valence-electron chi connectivity index (χ4n) is 2.45. The van der Waals surface area contributed by atoms with Gasteiger partial charge in [0.1, 0.15) is 6.33 Å². The number of aromatic nitrogens is 2. The second-order valence-corrected chi connectivity index (χ2v) is 5.85. The van der Waals surface area contributed by atoms with Crippen molar-refractivity contribution in [3.63, 3.8) is 0 Å². The highest BCUT2D eigenvalue weighted by molar-refractivity contribution is 6.06. The van der Waals surface area contributed by atoms with E-state index in [4.69, 9.17) is 6.57 Å². The first kappa shape index (κ1) is 15.9. The molecule has 1 fully saturated rings. The number of rotatable bonds is 6. The zero-order valence-electron chi connectivity index (χ0n) is 13.5. The van der Waals surface area contributed by atoms with E-state index in [0.717, 1.165) is 37.1 Å². The molecule has 0 unspecified atom stereocenters. The van der Waals surface area contributed by atoms with Gasteiger partial charge in [0, 0.05) is 17.9 Å². The van der Waals surface area contributed by atoms with Crippen LogP contribution in [0.1, 0.15) is 42.2 Å². The number of carbonyl (C=O) groups is 1. The average Bonchev–Trinajstić information content (AvgIpc) is 3.41. The maximum atomic E-state index is 12.6. The van der Waals surface area contributed by atoms with Gasteiger partial charge in [-0.3, -0.25) is 4.79 Å². The van der Waals surface area contributed by atoms with E-state index in [1.807, 2.05) is 6.92 Å². The van der Waals surface area contributed by atoms with Crippen LogP contribution in [0.3, 0.4) is 0 Å². The van der Waals surface area contributed by atoms with Gasteiger partial charge in [-0.25, -0.2) is 14.8 Å². The molecule has 2 N–H and O–H groups in total. The molecule has 6 nitrogen and oxygen atoms in total. The SMILES string of the molecule is [C-]#[N+]c1ccc(NC(=O)c2cncnc2CCC)c(NC2CC2)c1. The van der Waals surface area contributed by atoms with Crippen molar-refractivity contribution in [2.24, 2.45) is 0 Å². The molecular weight excluding hydrogens is 302 g/mol. The van der Waals surface area contributed by atoms with Crippen molar-refractivity contribution in [3.8, 4) is 0 Å². The van der Waals surface area contributed by atoms with E-state index >= 15 is 0 Å². The molecule has 1 saturated carbocycles. The molecule has 0 radical (unpaired) electrons. The van der Waals surface area contributed by atoms with Gasteiger partial charge < -0.3 is 10.6 Å². The fraction of sp³-hybridized carbons (Fsp3) is 0.333. The quantitative estimate of drug-likeness (QED) is 0.794. The Bertz CT molecular complexity index is 792. The molecule has 2 aromatic rings. The Morgan fingerprint density at radius 3 is 2.92 bits per heavy atom. The summed E-state index contributed by atoms with van der Waals surface area (Å²) >= 11 is 0. The van der Waals surface area contributed by atoms with Gasteiger partial charge in [0.2, 0.25) is 0 Å². The standard InChI is InChI=1S/C18H19N5O/c1-3-4-15-14(10-20-11-21-15)18(24)23-16-8-7-13(19-2)9-17(16)22-12-5-6-12/h7-12,22H,3-6H2,1H3,(H,23,24). The molecule has 0 bridgehead atoms. The van der Waals surface area contributed by atoms with Crippen LogP contribution in [0.15, 0.2) is 30.7 Å². The van der Waals surface area contributed by atoms with Crippen LogP contribution in [0, 0.1) is 6.57 Å². The van der Waals surface area contributed by atoms with E-state index in [-0.39, 0.29) is 5.91 Å². The number of nitrogens with one attached hydrogen (secondary N) is 2. The Kier molecular flexibility index (Phi) is 4.71. The largest absolute Gasteiger partial charge is 0.382 e. The third-order valence-corrected chi connectivity index (χ3v) is 3.84. The minimum atomic E-state index is -0.228. The zero-order valence-corrected chi connectivity index (χ0v) is 13.5. The molecule has 0 saturated heterocycles. The van der Waals surface area contributed by atoms with Crippen LogP contribution in [0.25, 0.3) is 4.85 Å². The van der Waals surface area contributed by atoms with Crippen molar-refractivity contribution in [1.82, 2.24) is 9.97 Å². The smallest absolute Gasteiger partial charge is 0.259 e. The predicted octanol–water partition coefficient (Wildman–Crippen LogP) is 3.81. The molecule has 1 aliphatic carbocycles. The van der Waals surface area contributed by atoms with Crippen molar-refractivity contribution in [1.29, 1.82) is 0 Å². The minimum absolute atomic E-state index is 0.228. The van der Waals surface area contributed by atoms with E-state index in [0.29, 0.717) is 23.0 Å². The van der Waals surface area contributed by atoms with E-state index < -0.39 is 0 Å². The van der Waals surface area contributed by atoms with Crippen molar-refractivity contribution >= 4 is 23.0 Å². The molecule has 0 aliphatic heterocycles. The molecule has 1 aromatic carbocycles. The molecule has 24 heavy (non-hydrogen) atoms. The number of aryl methyl sites for hydroxylation is 1. The summed E-state index contributed by atoms with van der Waals surface area (Å²) < 4.78 is 0. The number of carbonyl (C=O) groups excluding carboxylic acids is 1. The summed E-state index contributed by atoms with van der Waals surface area (Å²) in [4.78, 5) is 24.3. The highest BCUT2D eigenvalue weighted by Gasteiger charge is 2.23. The lowest BCUT2D eigenvalue weighted by atomic mass is 10.1. The van der Waals surface area contributed by atoms with Crippen LogP contribution in [0.5, 0.6) is 0 Å². The van der Waals surface area contributed by atoms with Crippen molar-refractivity contribution < 1.29 is 4.79 Å². The van der Waals surface area contributed by atoms with E-state index in [2.05, 4.69) is 25.4 Å². The van der Waals surface area contributed by atoms with Crippen LogP contribution in [0.4, 0.5) is 17.1 Å². The van der Waals surface area contributed by atoms with Crippen molar-refractivity contribution in [2.75, 3.05) is 10.6 Å². The molecule has 1 aromatic heterocycles. The van der Waals surface area contributed by atoms with Gasteiger partial charge in [-0.1, -0.05) is 19.4 Å². The number of benzene rings is 1. The van der Waals surface area contributed by atoms with Crippen LogP contribution in [-0.2, 0) is 6.42 Å². The summed E-state index contributed by atoms with van der Waals surface area (Å²) in [6, 6.07) is 5.67. The zero-order chi connectivity index (χ0) is 16.9. The first-order chi connectivity index (χ1) is 11.7. The molecule has 1 heterocycles. The second-order valence-electron chi connectivity index (χ2n) is 5.85. The molecule has 1 amide bonds. The van der Waals surface area contributed by atoms with Gasteiger partial charge in [-0.15, -0.1) is 0 Å². The van der Waals surface area contributed by atoms with E-state index in [9.17, 15) is 4.79 Å². The molecular formula is C18H19N5O. The summed E-state index contributed by atoms with van der Waals surface area (Å²) in [6.45, 7) is 9.20. The summed E-state index contributed by atoms with van der Waals surface area (Å²) in [6.07, 6.45) is 6.88. The Balaban J connectivity index is 1.85. The highest BCUT2D eigenvalue weighted by Crippen LogP contribution is 2.33. The first-order valence-electron chi connectivity index (χ1n) is 8.09. The van der Waals surface area contributed by atoms with Crippen LogP contribution in [0.2, 0.25) is 0 Å². The molecule has 6 heteroatoms. The molecule has 3 rings (SSSR count). The number of amides is 1. The van der Waals surface area contributed by atoms with Gasteiger partial charge in [0.25, 0.3) is 5.91 Å². The third-order valence-electron chi connectivity index (χ3n) is 3.84. The Labute approximate surface area is 141 Å². The molecule has 0 atom stereocenters. The Morgan fingerprint density at radius 2 is 2.21 bits per heavy atom. The van der Waals surface area contributed by atoms with Crippen LogP contribution < -0.4 is 10.6 Å². The number of nitrogens with zero attached hydrogens (tertiary/aromatic N) is 3. The topological polar surface area (TPSA) is 71.3 Å². The van der Waals surface area contributed by atoms with E-state index in [1.165, 1.54) is 6.33 Å². The van der Waals surface area contributed by atoms with Crippen molar-refractivity contribution in [2.45, 2.75) is 38.6 Å². The van der Waals surface area contributed by atoms with Gasteiger partial charge in [-0.2, -0.15) is 0 Å². The summed E-state index contributed by atoms with van der Waals surface area (Å²) in [5.41, 5.74) is 3.25. The average molecular weight is 321 g/mol. The van der Waals surface area contributed by atoms with Gasteiger partial charge in [-0.05, 0) is 31.4 Å². The van der Waals surface area contributed by atoms with Gasteiger partial charge in [0.15, 0.2) is 5.69 Å². The molecule has 1 aliphatic rings. The number of hydrogen-bond donors (Lipinski definition) is 2. The number of anilines is 2. The second kappa shape index (κ2) is 7.09. The van der Waals surface area contributed by atoms with Gasteiger partial charge in [0.05, 0.1) is 23.5 Å². The predicted molar refractivity (Wildman–Crippen MR) is 93.3 cm³/mol. The van der Waals surface area contributed by atoms with Gasteiger partial charge >= 0.3 is 0 Å². The minimum Gasteiger partial charge on any atom is -0.382 e. The molecule has 122 valence electrons. The lowest BCUT2D eigenvalue weighted by Gasteiger charge is -2.14. The summed E-state index contributed by atoms with van der Waals surface area (Å²) in [7, 11) is 0. The monoisotopic (exact) mass is 321 g/mol. The fourth-order valence-corrected chi connectivity index (χ4v) is 2.45. The maximum absolute atomic E-state index is 12.6. The van der Waals surface area contributed by atoms with E-state index in [1.54, 1.807) is 24.4 Å². The third kappa shape index (κ3) is 3.69. The van der Waals surface area contributed by atoms with Crippen LogP contribution in [-0.4, -0.2) is 21.9 Å². The maximum Gasteiger partial charge on any atom is 0.259 e. The normalized spacial score (nSPS) is 13.2. The van der Waals surface area contributed by atoms with Crippen molar-refractivity contribution in [3.05, 3.63) is 53.4 Å². The highest BCUT2D eigenvalue weighted by atomic mass is 16.1. The summed E-state index contributed by atoms with van der Waals surface area (Å²) in [5, 5.41) is 6.29. The number of hydrogen-bond acceptors (Lipinski definition) is 4. The lowest BCUT2D eigenvalue weighted by molar-refractivity contribution is 0.102. The Hall–Kier alpha value is -2.94. The Morgan fingerprint density at radius 1 is 1.38 bits per heavy atom. The first-order valence-corrected chi connectivity index (χ1v) is 8.09.